The van der Waals surface area contributed by atoms with Gasteiger partial charge in [0.25, 0.3) is 0 Å². The number of carbonyl (C=O) groups excluding carboxylic acids is 1. The van der Waals surface area contributed by atoms with Gasteiger partial charge in [-0.3, -0.25) is 4.79 Å². The Hall–Kier alpha value is -2.02. The Morgan fingerprint density at radius 1 is 1.43 bits per heavy atom. The minimum absolute atomic E-state index is 0.221. The zero-order valence-electron chi connectivity index (χ0n) is 11.7. The first-order valence-electron chi connectivity index (χ1n) is 6.53. The number of carboxylic acid groups (broad SMARTS) is 1. The summed E-state index contributed by atoms with van der Waals surface area (Å²) in [6, 6.07) is 6.83. The van der Waals surface area contributed by atoms with Crippen molar-refractivity contribution in [2.45, 2.75) is 19.0 Å². The number of aromatic nitrogens is 2. The van der Waals surface area contributed by atoms with Gasteiger partial charge in [0.1, 0.15) is 6.04 Å². The summed E-state index contributed by atoms with van der Waals surface area (Å²) in [5.41, 5.74) is 1.84. The monoisotopic (exact) mass is 307 g/mol. The first kappa shape index (κ1) is 15.4. The van der Waals surface area contributed by atoms with Crippen LogP contribution in [0.5, 0.6) is 0 Å². The van der Waals surface area contributed by atoms with Gasteiger partial charge < -0.3 is 15.0 Å². The van der Waals surface area contributed by atoms with E-state index < -0.39 is 12.0 Å². The maximum Gasteiger partial charge on any atom is 0.327 e. The molecule has 6 nitrogen and oxygen atoms in total. The molecule has 2 rings (SSSR count). The number of aryl methyl sites for hydroxylation is 1. The molecule has 0 aliphatic heterocycles. The fourth-order valence-electron chi connectivity index (χ4n) is 2.02. The molecule has 1 aromatic heterocycles. The number of hydrogen-bond acceptors (Lipinski definition) is 4. The topological polar surface area (TPSA) is 84.2 Å². The summed E-state index contributed by atoms with van der Waals surface area (Å²) in [6.45, 7) is 0.470. The molecule has 7 heteroatoms. The predicted molar refractivity (Wildman–Crippen MR) is 82.3 cm³/mol. The van der Waals surface area contributed by atoms with Gasteiger partial charge in [0, 0.05) is 18.7 Å². The van der Waals surface area contributed by atoms with Crippen molar-refractivity contribution in [1.82, 2.24) is 14.9 Å². The number of nitrogens with one attached hydrogen (secondary N) is 1. The molecule has 0 radical (unpaired) electrons. The second-order valence-electron chi connectivity index (χ2n) is 4.59. The largest absolute Gasteiger partial charge is 0.480 e. The van der Waals surface area contributed by atoms with Crippen LogP contribution in [0, 0.1) is 0 Å². The molecule has 0 bridgehead atoms. The van der Waals surface area contributed by atoms with Gasteiger partial charge in [0.2, 0.25) is 5.91 Å². The van der Waals surface area contributed by atoms with Crippen molar-refractivity contribution >= 4 is 34.7 Å². The highest BCUT2D eigenvalue weighted by atomic mass is 32.2. The van der Waals surface area contributed by atoms with Crippen LogP contribution in [0.15, 0.2) is 30.6 Å². The fourth-order valence-corrected chi connectivity index (χ4v) is 2.58. The van der Waals surface area contributed by atoms with E-state index in [1.165, 1.54) is 11.8 Å². The van der Waals surface area contributed by atoms with E-state index in [1.54, 1.807) is 12.6 Å². The molecule has 0 unspecified atom stereocenters. The summed E-state index contributed by atoms with van der Waals surface area (Å²) in [5, 5.41) is 11.5. The summed E-state index contributed by atoms with van der Waals surface area (Å²) in [6.07, 6.45) is 3.72. The fraction of sp³-hybridized carbons (Fsp3) is 0.357. The number of hydrogen-bond donors (Lipinski definition) is 2. The minimum atomic E-state index is -1.01. The summed E-state index contributed by atoms with van der Waals surface area (Å²) in [4.78, 5) is 27.1. The van der Waals surface area contributed by atoms with Crippen molar-refractivity contribution in [2.24, 2.45) is 0 Å². The molecular formula is C14H17N3O3S. The van der Waals surface area contributed by atoms with Crippen molar-refractivity contribution in [3.05, 3.63) is 30.6 Å². The van der Waals surface area contributed by atoms with Crippen LogP contribution in [0.1, 0.15) is 6.42 Å². The van der Waals surface area contributed by atoms with Crippen molar-refractivity contribution in [1.29, 1.82) is 0 Å². The highest BCUT2D eigenvalue weighted by Gasteiger charge is 2.18. The van der Waals surface area contributed by atoms with E-state index in [1.807, 2.05) is 28.8 Å². The maximum absolute atomic E-state index is 11.8. The third-order valence-corrected chi connectivity index (χ3v) is 3.74. The van der Waals surface area contributed by atoms with Crippen LogP contribution >= 0.6 is 11.8 Å². The van der Waals surface area contributed by atoms with Gasteiger partial charge in [-0.25, -0.2) is 9.78 Å². The molecule has 1 heterocycles. The third-order valence-electron chi connectivity index (χ3n) is 3.07. The molecule has 0 fully saturated rings. The number of nitrogens with zero attached hydrogens (tertiary/aromatic N) is 2. The standard InChI is InChI=1S/C14H17N3O3S/c1-21-8-11(14(19)20)16-13(18)6-7-17-9-15-10-4-2-3-5-12(10)17/h2-5,9,11H,6-8H2,1H3,(H,16,18)(H,19,20)/t11-/m0/s1. The molecular weight excluding hydrogens is 290 g/mol. The molecule has 2 N–H and O–H groups in total. The Balaban J connectivity index is 1.93. The van der Waals surface area contributed by atoms with E-state index in [0.717, 1.165) is 11.0 Å². The highest BCUT2D eigenvalue weighted by molar-refractivity contribution is 7.98. The lowest BCUT2D eigenvalue weighted by molar-refractivity contribution is -0.141. The summed E-state index contributed by atoms with van der Waals surface area (Å²) in [5.74, 6) is -0.922. The number of fused-ring (bicyclic) bond motifs is 1. The lowest BCUT2D eigenvalue weighted by Gasteiger charge is -2.13. The smallest absolute Gasteiger partial charge is 0.327 e. The zero-order valence-corrected chi connectivity index (χ0v) is 12.5. The quantitative estimate of drug-likeness (QED) is 0.807. The Labute approximate surface area is 126 Å². The number of imidazole rings is 1. The SMILES string of the molecule is CSC[C@H](NC(=O)CCn1cnc2ccccc21)C(=O)O. The van der Waals surface area contributed by atoms with Crippen LogP contribution in [-0.4, -0.2) is 44.6 Å². The van der Waals surface area contributed by atoms with Crippen LogP contribution in [-0.2, 0) is 16.1 Å². The number of aliphatic carboxylic acids is 1. The van der Waals surface area contributed by atoms with Gasteiger partial charge in [-0.05, 0) is 18.4 Å². The molecule has 0 saturated carbocycles. The molecule has 1 aromatic carbocycles. The van der Waals surface area contributed by atoms with Crippen LogP contribution in [0.4, 0.5) is 0 Å². The van der Waals surface area contributed by atoms with Crippen LogP contribution in [0.2, 0.25) is 0 Å². The number of thioether (sulfide) groups is 1. The second-order valence-corrected chi connectivity index (χ2v) is 5.50. The van der Waals surface area contributed by atoms with Gasteiger partial charge in [0.15, 0.2) is 0 Å². The van der Waals surface area contributed by atoms with E-state index >= 15 is 0 Å². The van der Waals surface area contributed by atoms with Crippen LogP contribution in [0.25, 0.3) is 11.0 Å². The van der Waals surface area contributed by atoms with Crippen molar-refractivity contribution < 1.29 is 14.7 Å². The Morgan fingerprint density at radius 2 is 2.19 bits per heavy atom. The lowest BCUT2D eigenvalue weighted by Crippen LogP contribution is -2.42. The average molecular weight is 307 g/mol. The summed E-state index contributed by atoms with van der Waals surface area (Å²) >= 11 is 1.39. The molecule has 21 heavy (non-hydrogen) atoms. The number of carbonyl (C=O) groups is 2. The van der Waals surface area contributed by atoms with E-state index in [4.69, 9.17) is 5.11 Å². The first-order chi connectivity index (χ1) is 10.1. The third kappa shape index (κ3) is 3.98. The van der Waals surface area contributed by atoms with Crippen molar-refractivity contribution in [3.63, 3.8) is 0 Å². The van der Waals surface area contributed by atoms with Crippen LogP contribution < -0.4 is 5.32 Å². The molecule has 1 atom stereocenters. The number of carboxylic acids is 1. The second kappa shape index (κ2) is 7.12. The molecule has 0 spiro atoms. The molecule has 0 saturated heterocycles. The van der Waals surface area contributed by atoms with E-state index in [2.05, 4.69) is 10.3 Å². The Bertz CT molecular complexity index is 641. The average Bonchev–Trinajstić information content (AvgIpc) is 2.88. The number of benzene rings is 1. The molecule has 112 valence electrons. The van der Waals surface area contributed by atoms with Gasteiger partial charge in [0.05, 0.1) is 17.4 Å². The van der Waals surface area contributed by atoms with Gasteiger partial charge in [-0.1, -0.05) is 12.1 Å². The Kier molecular flexibility index (Phi) is 5.21. The Morgan fingerprint density at radius 3 is 2.90 bits per heavy atom. The van der Waals surface area contributed by atoms with Gasteiger partial charge in [-0.2, -0.15) is 11.8 Å². The molecule has 0 aliphatic rings. The van der Waals surface area contributed by atoms with Crippen molar-refractivity contribution in [3.8, 4) is 0 Å². The number of amides is 1. The maximum atomic E-state index is 11.8. The normalized spacial score (nSPS) is 12.2. The van der Waals surface area contributed by atoms with E-state index in [-0.39, 0.29) is 12.3 Å². The highest BCUT2D eigenvalue weighted by Crippen LogP contribution is 2.12. The van der Waals surface area contributed by atoms with Crippen LogP contribution in [0.3, 0.4) is 0 Å². The number of para-hydroxylation sites is 2. The molecule has 0 aliphatic carbocycles. The predicted octanol–water partition coefficient (Wildman–Crippen LogP) is 1.36. The first-order valence-corrected chi connectivity index (χ1v) is 7.92. The molecule has 2 aromatic rings. The van der Waals surface area contributed by atoms with Crippen molar-refractivity contribution in [2.75, 3.05) is 12.0 Å². The summed E-state index contributed by atoms with van der Waals surface area (Å²) < 4.78 is 1.89. The summed E-state index contributed by atoms with van der Waals surface area (Å²) in [7, 11) is 0. The van der Waals surface area contributed by atoms with Gasteiger partial charge >= 0.3 is 5.97 Å². The number of rotatable bonds is 7. The van der Waals surface area contributed by atoms with Gasteiger partial charge in [-0.15, -0.1) is 0 Å². The van der Waals surface area contributed by atoms with E-state index in [9.17, 15) is 9.59 Å². The zero-order chi connectivity index (χ0) is 15.2. The van der Waals surface area contributed by atoms with E-state index in [0.29, 0.717) is 12.3 Å². The minimum Gasteiger partial charge on any atom is -0.480 e. The lowest BCUT2D eigenvalue weighted by atomic mass is 10.3. The molecule has 1 amide bonds.